The van der Waals surface area contributed by atoms with Gasteiger partial charge in [-0.15, -0.1) is 5.10 Å². The molecule has 7 heteroatoms. The average molecular weight is 347 g/mol. The van der Waals surface area contributed by atoms with E-state index in [-0.39, 0.29) is 17.7 Å². The Morgan fingerprint density at radius 2 is 2.08 bits per heavy atom. The van der Waals surface area contributed by atoms with E-state index in [9.17, 15) is 9.50 Å². The average Bonchev–Trinajstić information content (AvgIpc) is 3.29. The second kappa shape index (κ2) is 6.14. The SMILES string of the molecule is CCc1nc2sc([C@H](c3ccccc3F)[NH+]3CCCC3)c(O)n2n1. The van der Waals surface area contributed by atoms with Gasteiger partial charge in [0.1, 0.15) is 10.7 Å². The number of benzene rings is 1. The first-order valence-corrected chi connectivity index (χ1v) is 9.17. The number of rotatable bonds is 4. The molecule has 1 saturated heterocycles. The summed E-state index contributed by atoms with van der Waals surface area (Å²) in [6.07, 6.45) is 2.97. The van der Waals surface area contributed by atoms with E-state index in [4.69, 9.17) is 0 Å². The Labute approximate surface area is 143 Å². The summed E-state index contributed by atoms with van der Waals surface area (Å²) < 4.78 is 16.0. The molecule has 24 heavy (non-hydrogen) atoms. The number of aryl methyl sites for hydroxylation is 1. The molecule has 1 aromatic carbocycles. The lowest BCUT2D eigenvalue weighted by atomic mass is 10.0. The number of halogens is 1. The Bertz CT molecular complexity index is 869. The second-order valence-electron chi connectivity index (χ2n) is 6.19. The van der Waals surface area contributed by atoms with Gasteiger partial charge in [-0.3, -0.25) is 0 Å². The lowest BCUT2D eigenvalue weighted by molar-refractivity contribution is -0.913. The van der Waals surface area contributed by atoms with Gasteiger partial charge in [0.05, 0.1) is 18.7 Å². The molecule has 1 fully saturated rings. The van der Waals surface area contributed by atoms with Crippen LogP contribution in [-0.2, 0) is 6.42 Å². The monoisotopic (exact) mass is 347 g/mol. The highest BCUT2D eigenvalue weighted by Gasteiger charge is 2.35. The highest BCUT2D eigenvalue weighted by atomic mass is 32.1. The number of nitrogens with one attached hydrogen (secondary N) is 1. The third-order valence-corrected chi connectivity index (χ3v) is 5.78. The molecule has 4 rings (SSSR count). The Morgan fingerprint density at radius 1 is 1.33 bits per heavy atom. The van der Waals surface area contributed by atoms with Gasteiger partial charge in [-0.05, 0) is 12.1 Å². The van der Waals surface area contributed by atoms with E-state index in [0.717, 1.165) is 37.2 Å². The van der Waals surface area contributed by atoms with Crippen molar-refractivity contribution in [2.45, 2.75) is 32.2 Å². The quantitative estimate of drug-likeness (QED) is 0.759. The van der Waals surface area contributed by atoms with Gasteiger partial charge in [0.15, 0.2) is 11.9 Å². The molecule has 5 nitrogen and oxygen atoms in total. The van der Waals surface area contributed by atoms with Crippen LogP contribution >= 0.6 is 11.3 Å². The molecule has 0 amide bonds. The number of aromatic hydroxyl groups is 1. The number of quaternary nitrogens is 1. The Kier molecular flexibility index (Phi) is 3.97. The minimum atomic E-state index is -0.227. The van der Waals surface area contributed by atoms with Crippen molar-refractivity contribution in [3.63, 3.8) is 0 Å². The van der Waals surface area contributed by atoms with E-state index >= 15 is 0 Å². The fourth-order valence-corrected chi connectivity index (χ4v) is 4.65. The minimum absolute atomic E-state index is 0.0925. The first kappa shape index (κ1) is 15.5. The van der Waals surface area contributed by atoms with Gasteiger partial charge < -0.3 is 10.0 Å². The highest BCUT2D eigenvalue weighted by molar-refractivity contribution is 7.17. The van der Waals surface area contributed by atoms with Crippen molar-refractivity contribution >= 4 is 16.3 Å². The molecule has 3 heterocycles. The maximum Gasteiger partial charge on any atom is 0.235 e. The van der Waals surface area contributed by atoms with Crippen molar-refractivity contribution < 1.29 is 14.4 Å². The molecular weight excluding hydrogens is 327 g/mol. The smallest absolute Gasteiger partial charge is 0.235 e. The normalized spacial score (nSPS) is 16.9. The fourth-order valence-electron chi connectivity index (χ4n) is 3.50. The summed E-state index contributed by atoms with van der Waals surface area (Å²) in [5.41, 5.74) is 0.630. The summed E-state index contributed by atoms with van der Waals surface area (Å²) in [7, 11) is 0. The van der Waals surface area contributed by atoms with Crippen molar-refractivity contribution in [3.05, 3.63) is 46.3 Å². The summed E-state index contributed by atoms with van der Waals surface area (Å²) in [4.78, 5) is 7.14. The standard InChI is InChI=1S/C17H19FN4OS/c1-2-13-19-17-22(20-13)16(23)15(24-17)14(21-9-5-6-10-21)11-7-3-4-8-12(11)18/h3-4,7-8,14,23H,2,5-6,9-10H2,1H3/p+1/t14-/m0/s1. The Hall–Kier alpha value is -1.99. The Balaban J connectivity index is 1.85. The van der Waals surface area contributed by atoms with E-state index in [1.165, 1.54) is 26.8 Å². The number of nitrogens with zero attached hydrogens (tertiary/aromatic N) is 3. The van der Waals surface area contributed by atoms with Crippen molar-refractivity contribution in [1.29, 1.82) is 0 Å². The van der Waals surface area contributed by atoms with Crippen LogP contribution in [0.4, 0.5) is 4.39 Å². The molecule has 0 aliphatic carbocycles. The van der Waals surface area contributed by atoms with Crippen molar-refractivity contribution in [2.24, 2.45) is 0 Å². The van der Waals surface area contributed by atoms with Crippen LogP contribution in [0, 0.1) is 5.82 Å². The van der Waals surface area contributed by atoms with Crippen LogP contribution in [0.2, 0.25) is 0 Å². The van der Waals surface area contributed by atoms with Crippen molar-refractivity contribution in [1.82, 2.24) is 14.6 Å². The van der Waals surface area contributed by atoms with E-state index in [1.807, 2.05) is 19.1 Å². The third-order valence-electron chi connectivity index (χ3n) is 4.69. The largest absolute Gasteiger partial charge is 0.492 e. The van der Waals surface area contributed by atoms with Crippen molar-refractivity contribution in [2.75, 3.05) is 13.1 Å². The predicted octanol–water partition coefficient (Wildman–Crippen LogP) is 1.97. The first-order chi connectivity index (χ1) is 11.7. The third kappa shape index (κ3) is 2.48. The van der Waals surface area contributed by atoms with Gasteiger partial charge in [0, 0.05) is 19.3 Å². The fraction of sp³-hybridized carbons (Fsp3) is 0.412. The number of thiazole rings is 1. The van der Waals surface area contributed by atoms with Crippen LogP contribution in [0.15, 0.2) is 24.3 Å². The van der Waals surface area contributed by atoms with E-state index < -0.39 is 0 Å². The molecule has 0 bridgehead atoms. The van der Waals surface area contributed by atoms with Crippen LogP contribution in [-0.4, -0.2) is 32.8 Å². The lowest BCUT2D eigenvalue weighted by Crippen LogP contribution is -3.10. The van der Waals surface area contributed by atoms with Gasteiger partial charge in [-0.1, -0.05) is 30.4 Å². The zero-order valence-electron chi connectivity index (χ0n) is 13.5. The maximum atomic E-state index is 14.5. The topological polar surface area (TPSA) is 54.9 Å². The molecule has 2 aromatic heterocycles. The molecule has 126 valence electrons. The zero-order valence-corrected chi connectivity index (χ0v) is 14.3. The summed E-state index contributed by atoms with van der Waals surface area (Å²) in [5, 5.41) is 15.1. The number of hydrogen-bond donors (Lipinski definition) is 2. The van der Waals surface area contributed by atoms with Crippen LogP contribution in [0.3, 0.4) is 0 Å². The van der Waals surface area contributed by atoms with Gasteiger partial charge >= 0.3 is 0 Å². The van der Waals surface area contributed by atoms with E-state index in [0.29, 0.717) is 16.3 Å². The number of likely N-dealkylation sites (tertiary alicyclic amines) is 1. The lowest BCUT2D eigenvalue weighted by Gasteiger charge is -2.24. The molecule has 0 saturated carbocycles. The number of aromatic nitrogens is 3. The van der Waals surface area contributed by atoms with Gasteiger partial charge in [-0.25, -0.2) is 9.37 Å². The van der Waals surface area contributed by atoms with Crippen LogP contribution in [0.1, 0.15) is 42.1 Å². The summed E-state index contributed by atoms with van der Waals surface area (Å²) in [6.45, 7) is 3.94. The van der Waals surface area contributed by atoms with Crippen LogP contribution in [0.5, 0.6) is 5.88 Å². The second-order valence-corrected chi connectivity index (χ2v) is 7.19. The summed E-state index contributed by atoms with van der Waals surface area (Å²) >= 11 is 1.41. The highest BCUT2D eigenvalue weighted by Crippen LogP contribution is 2.36. The molecule has 3 aromatic rings. The van der Waals surface area contributed by atoms with Crippen LogP contribution in [0.25, 0.3) is 4.96 Å². The minimum Gasteiger partial charge on any atom is -0.492 e. The first-order valence-electron chi connectivity index (χ1n) is 8.35. The van der Waals surface area contributed by atoms with Crippen molar-refractivity contribution in [3.8, 4) is 5.88 Å². The van der Waals surface area contributed by atoms with Gasteiger partial charge in [0.2, 0.25) is 10.8 Å². The molecule has 2 N–H and O–H groups in total. The van der Waals surface area contributed by atoms with Gasteiger partial charge in [-0.2, -0.15) is 4.52 Å². The molecule has 1 aliphatic heterocycles. The molecule has 0 radical (unpaired) electrons. The molecule has 1 atom stereocenters. The molecule has 0 unspecified atom stereocenters. The Morgan fingerprint density at radius 3 is 2.75 bits per heavy atom. The zero-order chi connectivity index (χ0) is 16.7. The number of fused-ring (bicyclic) bond motifs is 1. The van der Waals surface area contributed by atoms with E-state index in [1.54, 1.807) is 6.07 Å². The molecular formula is C17H20FN4OS+. The maximum absolute atomic E-state index is 14.5. The number of hydrogen-bond acceptors (Lipinski definition) is 4. The van der Waals surface area contributed by atoms with E-state index in [2.05, 4.69) is 10.1 Å². The summed E-state index contributed by atoms with van der Waals surface area (Å²) in [6, 6.07) is 6.64. The predicted molar refractivity (Wildman–Crippen MR) is 90.1 cm³/mol. The molecule has 1 aliphatic rings. The molecule has 0 spiro atoms. The van der Waals surface area contributed by atoms with Gasteiger partial charge in [0.25, 0.3) is 0 Å². The summed E-state index contributed by atoms with van der Waals surface area (Å²) in [5.74, 6) is 0.573. The van der Waals surface area contributed by atoms with Crippen LogP contribution < -0.4 is 4.90 Å².